The molecule has 3 aromatic rings. The van der Waals surface area contributed by atoms with E-state index in [0.717, 1.165) is 23.7 Å². The first-order valence-electron chi connectivity index (χ1n) is 6.72. The summed E-state index contributed by atoms with van der Waals surface area (Å²) in [7, 11) is 0. The number of aromatic nitrogens is 4. The van der Waals surface area contributed by atoms with Crippen LogP contribution in [0.15, 0.2) is 24.3 Å². The molecule has 0 bridgehead atoms. The van der Waals surface area contributed by atoms with Crippen molar-refractivity contribution in [2.75, 3.05) is 5.32 Å². The Morgan fingerprint density at radius 1 is 1.35 bits per heavy atom. The second-order valence-electron chi connectivity index (χ2n) is 4.62. The van der Waals surface area contributed by atoms with Crippen molar-refractivity contribution in [2.45, 2.75) is 13.3 Å². The Bertz CT molecular complexity index is 840. The Labute approximate surface area is 133 Å². The van der Waals surface area contributed by atoms with Gasteiger partial charge >= 0.3 is 0 Å². The summed E-state index contributed by atoms with van der Waals surface area (Å²) in [6.45, 7) is 1.86. The number of carbonyl (C=O) groups excluding carboxylic acids is 1. The third-order valence-corrected chi connectivity index (χ3v) is 3.92. The molecule has 0 saturated carbocycles. The van der Waals surface area contributed by atoms with E-state index < -0.39 is 17.5 Å². The number of benzene rings is 1. The van der Waals surface area contributed by atoms with Gasteiger partial charge < -0.3 is 5.32 Å². The van der Waals surface area contributed by atoms with Crippen LogP contribution in [-0.2, 0) is 6.42 Å². The lowest BCUT2D eigenvalue weighted by atomic mass is 10.1. The highest BCUT2D eigenvalue weighted by molar-refractivity contribution is 7.08. The van der Waals surface area contributed by atoms with E-state index in [4.69, 9.17) is 0 Å². The zero-order valence-electron chi connectivity index (χ0n) is 11.9. The summed E-state index contributed by atoms with van der Waals surface area (Å²) in [5.74, 6) is -1.69. The predicted octanol–water partition coefficient (Wildman–Crippen LogP) is 3.02. The Morgan fingerprint density at radius 2 is 2.09 bits per heavy atom. The van der Waals surface area contributed by atoms with Crippen LogP contribution in [0.4, 0.5) is 14.6 Å². The minimum Gasteiger partial charge on any atom is -0.304 e. The van der Waals surface area contributed by atoms with Crippen LogP contribution in [0, 0.1) is 11.6 Å². The Kier molecular flexibility index (Phi) is 4.11. The number of anilines is 1. The molecule has 0 unspecified atom stereocenters. The molecule has 2 heterocycles. The average molecular weight is 335 g/mol. The van der Waals surface area contributed by atoms with Crippen molar-refractivity contribution in [3.8, 4) is 11.3 Å². The molecule has 23 heavy (non-hydrogen) atoms. The van der Waals surface area contributed by atoms with E-state index in [2.05, 4.69) is 25.1 Å². The van der Waals surface area contributed by atoms with Crippen molar-refractivity contribution in [3.05, 3.63) is 46.5 Å². The molecule has 118 valence electrons. The summed E-state index contributed by atoms with van der Waals surface area (Å²) in [5.41, 5.74) is 0.492. The molecule has 9 heteroatoms. The zero-order valence-corrected chi connectivity index (χ0v) is 12.7. The van der Waals surface area contributed by atoms with Gasteiger partial charge in [-0.05, 0) is 30.1 Å². The maximum atomic E-state index is 13.7. The van der Waals surface area contributed by atoms with Crippen molar-refractivity contribution >= 4 is 23.3 Å². The number of hydrogen-bond donors (Lipinski definition) is 2. The Morgan fingerprint density at radius 3 is 2.78 bits per heavy atom. The number of nitrogens with zero attached hydrogens (tertiary/aromatic N) is 3. The number of carbonyl (C=O) groups is 1. The molecule has 0 aliphatic rings. The third kappa shape index (κ3) is 2.95. The molecule has 1 aromatic carbocycles. The Hall–Kier alpha value is -2.68. The van der Waals surface area contributed by atoms with E-state index in [-0.39, 0.29) is 17.1 Å². The summed E-state index contributed by atoms with van der Waals surface area (Å²) in [4.78, 5) is 12.5. The number of rotatable bonds is 4. The zero-order chi connectivity index (χ0) is 16.4. The van der Waals surface area contributed by atoms with E-state index in [0.29, 0.717) is 17.0 Å². The number of aromatic amines is 1. The molecule has 1 amide bonds. The van der Waals surface area contributed by atoms with Gasteiger partial charge in [0.05, 0.1) is 17.0 Å². The van der Waals surface area contributed by atoms with Gasteiger partial charge in [0.2, 0.25) is 0 Å². The first-order chi connectivity index (χ1) is 11.1. The molecule has 0 saturated heterocycles. The van der Waals surface area contributed by atoms with Gasteiger partial charge in [0, 0.05) is 6.07 Å². The van der Waals surface area contributed by atoms with Crippen molar-refractivity contribution in [1.29, 1.82) is 0 Å². The molecule has 2 aromatic heterocycles. The SMILES string of the molecule is CCc1nnsc1C(=O)Nc1cc(-c2c(F)cccc2F)[nH]n1. The molecular weight excluding hydrogens is 324 g/mol. The highest BCUT2D eigenvalue weighted by atomic mass is 32.1. The molecule has 3 rings (SSSR count). The summed E-state index contributed by atoms with van der Waals surface area (Å²) < 4.78 is 31.2. The van der Waals surface area contributed by atoms with Gasteiger partial charge in [-0.1, -0.05) is 17.5 Å². The van der Waals surface area contributed by atoms with Crippen LogP contribution in [0.2, 0.25) is 0 Å². The Balaban J connectivity index is 1.84. The highest BCUT2D eigenvalue weighted by Gasteiger charge is 2.18. The predicted molar refractivity (Wildman–Crippen MR) is 81.2 cm³/mol. The number of H-pyrrole nitrogens is 1. The summed E-state index contributed by atoms with van der Waals surface area (Å²) in [6.07, 6.45) is 0.575. The van der Waals surface area contributed by atoms with Crippen LogP contribution in [0.3, 0.4) is 0 Å². The molecular formula is C14H11F2N5OS. The van der Waals surface area contributed by atoms with Crippen LogP contribution in [0.1, 0.15) is 22.3 Å². The summed E-state index contributed by atoms with van der Waals surface area (Å²) in [6, 6.07) is 4.93. The number of hydrogen-bond acceptors (Lipinski definition) is 5. The van der Waals surface area contributed by atoms with Gasteiger partial charge in [0.15, 0.2) is 5.82 Å². The smallest absolute Gasteiger partial charge is 0.270 e. The first kappa shape index (κ1) is 15.2. The third-order valence-electron chi connectivity index (χ3n) is 3.15. The molecule has 0 aliphatic heterocycles. The number of aryl methyl sites for hydroxylation is 1. The van der Waals surface area contributed by atoms with Gasteiger partial charge in [-0.15, -0.1) is 5.10 Å². The maximum Gasteiger partial charge on any atom is 0.270 e. The highest BCUT2D eigenvalue weighted by Crippen LogP contribution is 2.26. The minimum atomic E-state index is -0.716. The van der Waals surface area contributed by atoms with Crippen LogP contribution in [0.25, 0.3) is 11.3 Å². The summed E-state index contributed by atoms with van der Waals surface area (Å²) >= 11 is 0.978. The van der Waals surface area contributed by atoms with Gasteiger partial charge in [-0.2, -0.15) is 5.10 Å². The lowest BCUT2D eigenvalue weighted by Gasteiger charge is -2.01. The van der Waals surface area contributed by atoms with E-state index in [1.165, 1.54) is 12.1 Å². The fourth-order valence-corrected chi connectivity index (χ4v) is 2.70. The lowest BCUT2D eigenvalue weighted by Crippen LogP contribution is -2.12. The number of amides is 1. The van der Waals surface area contributed by atoms with E-state index in [9.17, 15) is 13.6 Å². The number of halogens is 2. The fraction of sp³-hybridized carbons (Fsp3) is 0.143. The monoisotopic (exact) mass is 335 g/mol. The van der Waals surface area contributed by atoms with E-state index in [1.807, 2.05) is 6.92 Å². The minimum absolute atomic E-state index is 0.133. The van der Waals surface area contributed by atoms with Gasteiger partial charge in [-0.25, -0.2) is 8.78 Å². The molecule has 0 aliphatic carbocycles. The molecule has 2 N–H and O–H groups in total. The molecule has 0 atom stereocenters. The normalized spacial score (nSPS) is 10.7. The largest absolute Gasteiger partial charge is 0.304 e. The fourth-order valence-electron chi connectivity index (χ4n) is 2.05. The second-order valence-corrected chi connectivity index (χ2v) is 5.37. The standard InChI is InChI=1S/C14H11F2N5OS/c1-2-9-13(23-21-19-9)14(22)17-11-6-10(18-20-11)12-7(15)4-3-5-8(12)16/h3-6H,2H2,1H3,(H2,17,18,20,22). The van der Waals surface area contributed by atoms with Crippen molar-refractivity contribution < 1.29 is 13.6 Å². The van der Waals surface area contributed by atoms with Crippen LogP contribution >= 0.6 is 11.5 Å². The van der Waals surface area contributed by atoms with Crippen LogP contribution in [-0.4, -0.2) is 25.7 Å². The van der Waals surface area contributed by atoms with E-state index in [1.54, 1.807) is 0 Å². The summed E-state index contributed by atoms with van der Waals surface area (Å²) in [5, 5.41) is 12.8. The molecule has 0 fully saturated rings. The van der Waals surface area contributed by atoms with Crippen LogP contribution < -0.4 is 5.32 Å². The van der Waals surface area contributed by atoms with Crippen molar-refractivity contribution in [3.63, 3.8) is 0 Å². The molecule has 0 spiro atoms. The van der Waals surface area contributed by atoms with Crippen molar-refractivity contribution in [2.24, 2.45) is 0 Å². The van der Waals surface area contributed by atoms with Gasteiger partial charge in [0.25, 0.3) is 5.91 Å². The second kappa shape index (κ2) is 6.21. The van der Waals surface area contributed by atoms with Crippen LogP contribution in [0.5, 0.6) is 0 Å². The lowest BCUT2D eigenvalue weighted by molar-refractivity contribution is 0.102. The van der Waals surface area contributed by atoms with Gasteiger partial charge in [-0.3, -0.25) is 9.89 Å². The number of nitrogens with one attached hydrogen (secondary N) is 2. The van der Waals surface area contributed by atoms with Gasteiger partial charge in [0.1, 0.15) is 16.5 Å². The quantitative estimate of drug-likeness (QED) is 0.768. The topological polar surface area (TPSA) is 83.6 Å². The molecule has 0 radical (unpaired) electrons. The average Bonchev–Trinajstić information content (AvgIpc) is 3.16. The first-order valence-corrected chi connectivity index (χ1v) is 7.50. The maximum absolute atomic E-state index is 13.7. The molecule has 6 nitrogen and oxygen atoms in total. The van der Waals surface area contributed by atoms with E-state index >= 15 is 0 Å². The van der Waals surface area contributed by atoms with Crippen molar-refractivity contribution in [1.82, 2.24) is 19.8 Å².